The van der Waals surface area contributed by atoms with Crippen molar-refractivity contribution in [1.29, 1.82) is 0 Å². The zero-order valence-electron chi connectivity index (χ0n) is 18.0. The van der Waals surface area contributed by atoms with E-state index < -0.39 is 46.4 Å². The van der Waals surface area contributed by atoms with Crippen molar-refractivity contribution >= 4 is 23.3 Å². The number of carbonyl (C=O) groups excluding carboxylic acids is 2. The maximum absolute atomic E-state index is 13.7. The Morgan fingerprint density at radius 1 is 0.829 bits per heavy atom. The third-order valence-electron chi connectivity index (χ3n) is 5.44. The molecule has 0 saturated carbocycles. The van der Waals surface area contributed by atoms with Gasteiger partial charge in [-0.2, -0.15) is 13.2 Å². The van der Waals surface area contributed by atoms with E-state index in [0.29, 0.717) is 5.82 Å². The molecule has 1 aliphatic rings. The van der Waals surface area contributed by atoms with E-state index in [9.17, 15) is 31.5 Å². The van der Waals surface area contributed by atoms with Gasteiger partial charge in [0.25, 0.3) is 11.8 Å². The number of anilines is 2. The predicted octanol–water partition coefficient (Wildman–Crippen LogP) is 3.99. The first-order valence-corrected chi connectivity index (χ1v) is 10.4. The normalized spacial score (nSPS) is 14.1. The van der Waals surface area contributed by atoms with Crippen molar-refractivity contribution in [2.75, 3.05) is 36.4 Å². The van der Waals surface area contributed by atoms with Crippen molar-refractivity contribution in [3.63, 3.8) is 0 Å². The molecule has 0 spiro atoms. The molecule has 2 heterocycles. The number of nitrogens with zero attached hydrogens (tertiary/aromatic N) is 4. The summed E-state index contributed by atoms with van der Waals surface area (Å²) in [6.45, 7) is 0.865. The second-order valence-corrected chi connectivity index (χ2v) is 7.65. The Balaban J connectivity index is 1.39. The molecular formula is C23H18F5N5O2. The summed E-state index contributed by atoms with van der Waals surface area (Å²) in [5.74, 6) is -3.06. The minimum absolute atomic E-state index is 0.154. The summed E-state index contributed by atoms with van der Waals surface area (Å²) in [6, 6.07) is 10.6. The maximum Gasteiger partial charge on any atom is 0.417 e. The number of hydrogen-bond donors (Lipinski definition) is 1. The van der Waals surface area contributed by atoms with E-state index in [2.05, 4.69) is 15.5 Å². The Hall–Kier alpha value is -4.09. The number of aromatic nitrogens is 2. The molecule has 1 saturated heterocycles. The zero-order chi connectivity index (χ0) is 25.2. The van der Waals surface area contributed by atoms with Gasteiger partial charge in [-0.1, -0.05) is 18.2 Å². The van der Waals surface area contributed by atoms with Crippen molar-refractivity contribution in [3.8, 4) is 0 Å². The SMILES string of the molecule is O=C(Nc1c(F)cccc1F)c1ccc(N2CCN(C(=O)c3ccccc3C(F)(F)F)CC2)nn1. The first kappa shape index (κ1) is 24.0. The number of para-hydroxylation sites is 1. The van der Waals surface area contributed by atoms with Crippen molar-refractivity contribution in [1.82, 2.24) is 15.1 Å². The number of alkyl halides is 3. The van der Waals surface area contributed by atoms with E-state index in [4.69, 9.17) is 0 Å². The largest absolute Gasteiger partial charge is 0.417 e. The lowest BCUT2D eigenvalue weighted by Gasteiger charge is -2.35. The molecule has 0 aliphatic carbocycles. The lowest BCUT2D eigenvalue weighted by atomic mass is 10.1. The second-order valence-electron chi connectivity index (χ2n) is 7.65. The Morgan fingerprint density at radius 3 is 2.09 bits per heavy atom. The van der Waals surface area contributed by atoms with Gasteiger partial charge in [-0.15, -0.1) is 10.2 Å². The average Bonchev–Trinajstić information content (AvgIpc) is 2.85. The van der Waals surface area contributed by atoms with Crippen molar-refractivity contribution in [2.24, 2.45) is 0 Å². The summed E-state index contributed by atoms with van der Waals surface area (Å²) in [4.78, 5) is 28.1. The fraction of sp³-hybridized carbons (Fsp3) is 0.217. The number of carbonyl (C=O) groups is 2. The number of halogens is 5. The van der Waals surface area contributed by atoms with E-state index in [1.54, 1.807) is 4.90 Å². The first-order valence-electron chi connectivity index (χ1n) is 10.4. The number of hydrogen-bond acceptors (Lipinski definition) is 5. The third-order valence-corrected chi connectivity index (χ3v) is 5.44. The maximum atomic E-state index is 13.7. The fourth-order valence-electron chi connectivity index (χ4n) is 3.64. The Kier molecular flexibility index (Phi) is 6.63. The van der Waals surface area contributed by atoms with E-state index in [1.807, 2.05) is 0 Å². The Labute approximate surface area is 196 Å². The monoisotopic (exact) mass is 491 g/mol. The summed E-state index contributed by atoms with van der Waals surface area (Å²) in [5, 5.41) is 9.87. The lowest BCUT2D eigenvalue weighted by molar-refractivity contribution is -0.138. The molecule has 35 heavy (non-hydrogen) atoms. The smallest absolute Gasteiger partial charge is 0.352 e. The van der Waals surface area contributed by atoms with Gasteiger partial charge in [0.05, 0.1) is 11.1 Å². The van der Waals surface area contributed by atoms with E-state index in [-0.39, 0.29) is 31.9 Å². The minimum atomic E-state index is -4.64. The molecule has 2 aromatic carbocycles. The number of amides is 2. The molecule has 0 radical (unpaired) electrons. The molecule has 12 heteroatoms. The molecule has 2 amide bonds. The summed E-state index contributed by atoms with van der Waals surface area (Å²) in [5.41, 5.74) is -2.16. The lowest BCUT2D eigenvalue weighted by Crippen LogP contribution is -2.49. The van der Waals surface area contributed by atoms with Crippen LogP contribution in [0.5, 0.6) is 0 Å². The van der Waals surface area contributed by atoms with Gasteiger partial charge in [0.15, 0.2) is 11.5 Å². The minimum Gasteiger partial charge on any atom is -0.352 e. The molecule has 3 aromatic rings. The van der Waals surface area contributed by atoms with Crippen molar-refractivity contribution in [2.45, 2.75) is 6.18 Å². The van der Waals surface area contributed by atoms with Crippen molar-refractivity contribution < 1.29 is 31.5 Å². The van der Waals surface area contributed by atoms with Gasteiger partial charge in [-0.05, 0) is 36.4 Å². The molecular weight excluding hydrogens is 473 g/mol. The summed E-state index contributed by atoms with van der Waals surface area (Å²) in [7, 11) is 0. The van der Waals surface area contributed by atoms with Crippen LogP contribution in [0.15, 0.2) is 54.6 Å². The van der Waals surface area contributed by atoms with Crippen LogP contribution >= 0.6 is 0 Å². The van der Waals surface area contributed by atoms with E-state index in [0.717, 1.165) is 30.3 Å². The number of nitrogens with one attached hydrogen (secondary N) is 1. The molecule has 7 nitrogen and oxygen atoms in total. The van der Waals surface area contributed by atoms with Crippen LogP contribution in [-0.2, 0) is 6.18 Å². The molecule has 1 fully saturated rings. The van der Waals surface area contributed by atoms with E-state index >= 15 is 0 Å². The summed E-state index contributed by atoms with van der Waals surface area (Å²) < 4.78 is 67.2. The standard InChI is InChI=1S/C23H18F5N5O2/c24-16-6-3-7-17(25)20(16)29-21(34)18-8-9-19(31-30-18)32-10-12-33(13-11-32)22(35)14-4-1-2-5-15(14)23(26,27)28/h1-9H,10-13H2,(H,29,34). The highest BCUT2D eigenvalue weighted by molar-refractivity contribution is 6.03. The molecule has 1 aromatic heterocycles. The van der Waals surface area contributed by atoms with Gasteiger partial charge < -0.3 is 15.1 Å². The Bertz CT molecular complexity index is 1220. The topological polar surface area (TPSA) is 78.4 Å². The molecule has 0 unspecified atom stereocenters. The Morgan fingerprint density at radius 2 is 1.49 bits per heavy atom. The first-order chi connectivity index (χ1) is 16.6. The van der Waals surface area contributed by atoms with Gasteiger partial charge in [-0.25, -0.2) is 8.78 Å². The molecule has 1 N–H and O–H groups in total. The highest BCUT2D eigenvalue weighted by Gasteiger charge is 2.36. The molecule has 0 bridgehead atoms. The second kappa shape index (κ2) is 9.65. The quantitative estimate of drug-likeness (QED) is 0.559. The van der Waals surface area contributed by atoms with Crippen LogP contribution in [0.25, 0.3) is 0 Å². The predicted molar refractivity (Wildman–Crippen MR) is 116 cm³/mol. The van der Waals surface area contributed by atoms with Gasteiger partial charge in [0, 0.05) is 26.2 Å². The number of benzene rings is 2. The van der Waals surface area contributed by atoms with Gasteiger partial charge >= 0.3 is 6.18 Å². The van der Waals surface area contributed by atoms with Crippen LogP contribution in [0, 0.1) is 11.6 Å². The van der Waals surface area contributed by atoms with Gasteiger partial charge in [-0.3, -0.25) is 9.59 Å². The van der Waals surface area contributed by atoms with Gasteiger partial charge in [0.2, 0.25) is 0 Å². The molecule has 4 rings (SSSR count). The summed E-state index contributed by atoms with van der Waals surface area (Å²) in [6.07, 6.45) is -4.64. The molecule has 182 valence electrons. The van der Waals surface area contributed by atoms with Crippen molar-refractivity contribution in [3.05, 3.63) is 83.1 Å². The summed E-state index contributed by atoms with van der Waals surface area (Å²) >= 11 is 0. The van der Waals surface area contributed by atoms with Crippen LogP contribution in [0.2, 0.25) is 0 Å². The highest BCUT2D eigenvalue weighted by Crippen LogP contribution is 2.32. The number of rotatable bonds is 4. The highest BCUT2D eigenvalue weighted by atomic mass is 19.4. The van der Waals surface area contributed by atoms with Crippen LogP contribution in [0.3, 0.4) is 0 Å². The average molecular weight is 491 g/mol. The third kappa shape index (κ3) is 5.20. The van der Waals surface area contributed by atoms with Crippen LogP contribution in [0.1, 0.15) is 26.4 Å². The fourth-order valence-corrected chi connectivity index (χ4v) is 3.64. The number of piperazine rings is 1. The molecule has 0 atom stereocenters. The van der Waals surface area contributed by atoms with Crippen LogP contribution < -0.4 is 10.2 Å². The molecule has 1 aliphatic heterocycles. The van der Waals surface area contributed by atoms with Gasteiger partial charge in [0.1, 0.15) is 17.3 Å². The zero-order valence-corrected chi connectivity index (χ0v) is 18.0. The van der Waals surface area contributed by atoms with Crippen LogP contribution in [0.4, 0.5) is 33.5 Å². The van der Waals surface area contributed by atoms with E-state index in [1.165, 1.54) is 29.2 Å². The van der Waals surface area contributed by atoms with Crippen LogP contribution in [-0.4, -0.2) is 53.1 Å².